The van der Waals surface area contributed by atoms with Gasteiger partial charge >= 0.3 is 0 Å². The average molecular weight is 337 g/mol. The van der Waals surface area contributed by atoms with E-state index in [2.05, 4.69) is 5.32 Å². The molecular weight excluding hydrogens is 318 g/mol. The summed E-state index contributed by atoms with van der Waals surface area (Å²) in [5, 5.41) is 2.49. The minimum Gasteiger partial charge on any atom is -0.493 e. The zero-order valence-corrected chi connectivity index (χ0v) is 14.2. The first-order chi connectivity index (χ1) is 12.1. The Balaban J connectivity index is 1.82. The van der Waals surface area contributed by atoms with Gasteiger partial charge in [-0.15, -0.1) is 0 Å². The zero-order chi connectivity index (χ0) is 17.8. The van der Waals surface area contributed by atoms with Gasteiger partial charge in [-0.25, -0.2) is 0 Å². The Morgan fingerprint density at radius 3 is 2.72 bits per heavy atom. The van der Waals surface area contributed by atoms with E-state index in [1.807, 2.05) is 36.4 Å². The van der Waals surface area contributed by atoms with Gasteiger partial charge < -0.3 is 14.8 Å². The number of benzene rings is 2. The molecule has 1 N–H and O–H groups in total. The van der Waals surface area contributed by atoms with Crippen LogP contribution in [-0.2, 0) is 11.2 Å². The van der Waals surface area contributed by atoms with Crippen molar-refractivity contribution < 1.29 is 19.1 Å². The maximum Gasteiger partial charge on any atom is 0.257 e. The van der Waals surface area contributed by atoms with Crippen molar-refractivity contribution in [2.75, 3.05) is 20.8 Å². The molecule has 25 heavy (non-hydrogen) atoms. The first-order valence-corrected chi connectivity index (χ1v) is 7.97. The van der Waals surface area contributed by atoms with Gasteiger partial charge in [-0.2, -0.15) is 0 Å². The fourth-order valence-electron chi connectivity index (χ4n) is 2.78. The van der Waals surface area contributed by atoms with Gasteiger partial charge in [0.05, 0.1) is 7.11 Å². The second-order valence-corrected chi connectivity index (χ2v) is 5.70. The summed E-state index contributed by atoms with van der Waals surface area (Å²) in [6.45, 7) is -0.0823. The number of ketones is 1. The van der Waals surface area contributed by atoms with E-state index in [0.29, 0.717) is 17.9 Å². The van der Waals surface area contributed by atoms with Crippen molar-refractivity contribution in [3.8, 4) is 11.5 Å². The number of hydrogen-bond donors (Lipinski definition) is 1. The lowest BCUT2D eigenvalue weighted by atomic mass is 10.1. The molecule has 1 amide bonds. The van der Waals surface area contributed by atoms with Gasteiger partial charge in [0, 0.05) is 24.6 Å². The third-order valence-corrected chi connectivity index (χ3v) is 4.10. The van der Waals surface area contributed by atoms with Gasteiger partial charge in [-0.05, 0) is 29.3 Å². The van der Waals surface area contributed by atoms with Crippen LogP contribution in [0.15, 0.2) is 48.0 Å². The molecule has 2 aromatic carbocycles. The van der Waals surface area contributed by atoms with Crippen molar-refractivity contribution in [2.45, 2.75) is 6.42 Å². The van der Waals surface area contributed by atoms with Crippen LogP contribution in [0.2, 0.25) is 0 Å². The lowest BCUT2D eigenvalue weighted by molar-refractivity contribution is -0.122. The van der Waals surface area contributed by atoms with Gasteiger partial charge in [-0.1, -0.05) is 30.3 Å². The number of carbonyl (C=O) groups is 2. The van der Waals surface area contributed by atoms with Crippen LogP contribution in [0.25, 0.3) is 6.08 Å². The van der Waals surface area contributed by atoms with Gasteiger partial charge in [0.1, 0.15) is 0 Å². The SMILES string of the molecule is CNC(=O)COc1ccc(/C=C2\Cc3ccccc3C2=O)cc1OC. The lowest BCUT2D eigenvalue weighted by Gasteiger charge is -2.11. The highest BCUT2D eigenvalue weighted by molar-refractivity contribution is 6.15. The number of methoxy groups -OCH3 is 1. The minimum atomic E-state index is -0.220. The van der Waals surface area contributed by atoms with Crippen LogP contribution < -0.4 is 14.8 Å². The summed E-state index contributed by atoms with van der Waals surface area (Å²) in [6, 6.07) is 13.0. The van der Waals surface area contributed by atoms with E-state index in [4.69, 9.17) is 9.47 Å². The predicted molar refractivity (Wildman–Crippen MR) is 95.0 cm³/mol. The Morgan fingerprint density at radius 2 is 2.00 bits per heavy atom. The van der Waals surface area contributed by atoms with Gasteiger partial charge in [0.15, 0.2) is 23.9 Å². The summed E-state index contributed by atoms with van der Waals surface area (Å²) in [6.07, 6.45) is 2.50. The molecule has 0 radical (unpaired) electrons. The van der Waals surface area contributed by atoms with Gasteiger partial charge in [-0.3, -0.25) is 9.59 Å². The smallest absolute Gasteiger partial charge is 0.257 e. The number of fused-ring (bicyclic) bond motifs is 1. The maximum absolute atomic E-state index is 12.5. The fourth-order valence-corrected chi connectivity index (χ4v) is 2.78. The third-order valence-electron chi connectivity index (χ3n) is 4.10. The summed E-state index contributed by atoms with van der Waals surface area (Å²) in [7, 11) is 3.09. The van der Waals surface area contributed by atoms with E-state index < -0.39 is 0 Å². The molecule has 5 heteroatoms. The number of carbonyl (C=O) groups excluding carboxylic acids is 2. The third kappa shape index (κ3) is 3.55. The molecule has 0 saturated heterocycles. The second-order valence-electron chi connectivity index (χ2n) is 5.70. The monoisotopic (exact) mass is 337 g/mol. The van der Waals surface area contributed by atoms with Crippen molar-refractivity contribution in [3.63, 3.8) is 0 Å². The topological polar surface area (TPSA) is 64.6 Å². The zero-order valence-electron chi connectivity index (χ0n) is 14.2. The summed E-state index contributed by atoms with van der Waals surface area (Å²) in [5.41, 5.74) is 3.42. The van der Waals surface area contributed by atoms with Crippen LogP contribution in [0.5, 0.6) is 11.5 Å². The summed E-state index contributed by atoms with van der Waals surface area (Å²) in [5.74, 6) is 0.840. The first-order valence-electron chi connectivity index (χ1n) is 7.97. The molecule has 1 aliphatic rings. The van der Waals surface area contributed by atoms with Gasteiger partial charge in [0.25, 0.3) is 5.91 Å². The number of allylic oxidation sites excluding steroid dienone is 1. The van der Waals surface area contributed by atoms with Crippen molar-refractivity contribution in [2.24, 2.45) is 0 Å². The van der Waals surface area contributed by atoms with E-state index >= 15 is 0 Å². The predicted octanol–water partition coefficient (Wildman–Crippen LogP) is 2.64. The summed E-state index contributed by atoms with van der Waals surface area (Å²) >= 11 is 0. The standard InChI is InChI=1S/C20H19NO4/c1-21-19(22)12-25-17-8-7-13(10-18(17)24-2)9-15-11-14-5-3-4-6-16(14)20(15)23/h3-10H,11-12H2,1-2H3,(H,21,22)/b15-9+. The molecule has 0 saturated carbocycles. The van der Waals surface area contributed by atoms with Crippen molar-refractivity contribution in [1.29, 1.82) is 0 Å². The van der Waals surface area contributed by atoms with Crippen molar-refractivity contribution in [3.05, 3.63) is 64.7 Å². The normalized spacial score (nSPS) is 14.3. The number of amides is 1. The molecule has 0 bridgehead atoms. The van der Waals surface area contributed by atoms with E-state index in [1.54, 1.807) is 19.2 Å². The number of nitrogens with one attached hydrogen (secondary N) is 1. The Morgan fingerprint density at radius 1 is 1.20 bits per heavy atom. The molecule has 0 heterocycles. The number of ether oxygens (including phenoxy) is 2. The van der Waals surface area contributed by atoms with Gasteiger partial charge in [0.2, 0.25) is 0 Å². The minimum absolute atomic E-state index is 0.0644. The molecule has 0 fully saturated rings. The Labute approximate surface area is 146 Å². The van der Waals surface area contributed by atoms with Crippen LogP contribution >= 0.6 is 0 Å². The lowest BCUT2D eigenvalue weighted by Crippen LogP contribution is -2.24. The molecule has 0 unspecified atom stereocenters. The largest absolute Gasteiger partial charge is 0.493 e. The molecule has 128 valence electrons. The number of Topliss-reactive ketones (excluding diaryl/α,β-unsaturated/α-hetero) is 1. The molecule has 0 aliphatic heterocycles. The summed E-state index contributed by atoms with van der Waals surface area (Å²) in [4.78, 5) is 23.8. The molecule has 5 nitrogen and oxygen atoms in total. The van der Waals surface area contributed by atoms with E-state index in [-0.39, 0.29) is 18.3 Å². The number of hydrogen-bond acceptors (Lipinski definition) is 4. The number of likely N-dealkylation sites (N-methyl/N-ethyl adjacent to an activating group) is 1. The van der Waals surface area contributed by atoms with Crippen LogP contribution in [0, 0.1) is 0 Å². The van der Waals surface area contributed by atoms with E-state index in [0.717, 1.165) is 22.3 Å². The Bertz CT molecular complexity index is 855. The highest BCUT2D eigenvalue weighted by Gasteiger charge is 2.24. The van der Waals surface area contributed by atoms with Crippen LogP contribution in [-0.4, -0.2) is 32.5 Å². The first kappa shape index (κ1) is 16.8. The Kier molecular flexibility index (Phi) is 4.84. The highest BCUT2D eigenvalue weighted by Crippen LogP contribution is 2.31. The van der Waals surface area contributed by atoms with Crippen LogP contribution in [0.4, 0.5) is 0 Å². The highest BCUT2D eigenvalue weighted by atomic mass is 16.5. The van der Waals surface area contributed by atoms with E-state index in [9.17, 15) is 9.59 Å². The molecule has 0 aromatic heterocycles. The van der Waals surface area contributed by atoms with Crippen LogP contribution in [0.3, 0.4) is 0 Å². The molecule has 3 rings (SSSR count). The van der Waals surface area contributed by atoms with Crippen molar-refractivity contribution in [1.82, 2.24) is 5.32 Å². The van der Waals surface area contributed by atoms with Crippen LogP contribution in [0.1, 0.15) is 21.5 Å². The number of rotatable bonds is 5. The van der Waals surface area contributed by atoms with E-state index in [1.165, 1.54) is 7.11 Å². The average Bonchev–Trinajstić information content (AvgIpc) is 2.96. The summed E-state index contributed by atoms with van der Waals surface area (Å²) < 4.78 is 10.8. The maximum atomic E-state index is 12.5. The molecule has 2 aromatic rings. The molecule has 0 spiro atoms. The quantitative estimate of drug-likeness (QED) is 0.852. The molecule has 0 atom stereocenters. The Hall–Kier alpha value is -3.08. The molecular formula is C20H19NO4. The second kappa shape index (κ2) is 7.21. The fraction of sp³-hybridized carbons (Fsp3) is 0.200. The van der Waals surface area contributed by atoms with Crippen molar-refractivity contribution >= 4 is 17.8 Å². The molecule has 1 aliphatic carbocycles.